The topological polar surface area (TPSA) is 98.1 Å². The number of likely N-dealkylation sites (N-methyl/N-ethyl adjacent to an activating group) is 1. The molecule has 0 aliphatic carbocycles. The second-order valence-corrected chi connectivity index (χ2v) is 9.03. The van der Waals surface area contributed by atoms with Crippen molar-refractivity contribution in [2.45, 2.75) is 31.2 Å². The molecule has 0 saturated carbocycles. The highest BCUT2D eigenvalue weighted by molar-refractivity contribution is 5.94. The number of nitriles is 1. The summed E-state index contributed by atoms with van der Waals surface area (Å²) in [5.74, 6) is 0.691. The fourth-order valence-electron chi connectivity index (χ4n) is 4.31. The maximum atomic E-state index is 13.3. The fourth-order valence-corrected chi connectivity index (χ4v) is 4.31. The number of benzene rings is 2. The SMILES string of the molecule is CC(CNC(C(=O)Nc1ccc([C@@H]2CC(=O)N(C)C2)cn1)c1ccccc1)c1ccc(C#N)cc1. The molecule has 2 heterocycles. The van der Waals surface area contributed by atoms with Crippen molar-refractivity contribution in [1.82, 2.24) is 15.2 Å². The van der Waals surface area contributed by atoms with Crippen LogP contribution in [0.15, 0.2) is 72.9 Å². The van der Waals surface area contributed by atoms with Crippen LogP contribution in [0.4, 0.5) is 5.82 Å². The number of amides is 2. The number of aromatic nitrogens is 1. The lowest BCUT2D eigenvalue weighted by Crippen LogP contribution is -2.35. The van der Waals surface area contributed by atoms with E-state index < -0.39 is 6.04 Å². The minimum Gasteiger partial charge on any atom is -0.345 e. The van der Waals surface area contributed by atoms with Gasteiger partial charge in [0.15, 0.2) is 0 Å². The molecule has 2 N–H and O–H groups in total. The second-order valence-electron chi connectivity index (χ2n) is 9.03. The minimum atomic E-state index is -0.556. The Morgan fingerprint density at radius 3 is 2.46 bits per heavy atom. The van der Waals surface area contributed by atoms with E-state index in [9.17, 15) is 9.59 Å². The molecule has 1 fully saturated rings. The molecule has 178 valence electrons. The Labute approximate surface area is 205 Å². The van der Waals surface area contributed by atoms with Crippen LogP contribution in [0.2, 0.25) is 0 Å². The molecule has 3 atom stereocenters. The molecule has 4 rings (SSSR count). The van der Waals surface area contributed by atoms with Gasteiger partial charge in [0.2, 0.25) is 11.8 Å². The predicted molar refractivity (Wildman–Crippen MR) is 135 cm³/mol. The Morgan fingerprint density at radius 1 is 1.11 bits per heavy atom. The van der Waals surface area contributed by atoms with Crippen LogP contribution in [-0.4, -0.2) is 41.8 Å². The van der Waals surface area contributed by atoms with Gasteiger partial charge in [-0.15, -0.1) is 0 Å². The van der Waals surface area contributed by atoms with Crippen LogP contribution in [0, 0.1) is 11.3 Å². The van der Waals surface area contributed by atoms with Crippen molar-refractivity contribution in [1.29, 1.82) is 5.26 Å². The maximum absolute atomic E-state index is 13.3. The molecule has 0 bridgehead atoms. The quantitative estimate of drug-likeness (QED) is 0.522. The van der Waals surface area contributed by atoms with E-state index in [0.717, 1.165) is 16.7 Å². The predicted octanol–water partition coefficient (Wildman–Crippen LogP) is 3.97. The largest absolute Gasteiger partial charge is 0.345 e. The molecule has 2 amide bonds. The summed E-state index contributed by atoms with van der Waals surface area (Å²) in [6, 6.07) is 22.4. The van der Waals surface area contributed by atoms with Gasteiger partial charge in [0, 0.05) is 38.7 Å². The van der Waals surface area contributed by atoms with E-state index in [0.29, 0.717) is 30.9 Å². The average molecular weight is 468 g/mol. The van der Waals surface area contributed by atoms with E-state index in [1.165, 1.54) is 0 Å². The highest BCUT2D eigenvalue weighted by Crippen LogP contribution is 2.27. The summed E-state index contributed by atoms with van der Waals surface area (Å²) in [5, 5.41) is 15.3. The number of hydrogen-bond donors (Lipinski definition) is 2. The molecule has 2 aromatic carbocycles. The number of rotatable bonds is 8. The smallest absolute Gasteiger partial charge is 0.247 e. The molecule has 3 aromatic rings. The molecule has 0 spiro atoms. The summed E-state index contributed by atoms with van der Waals surface area (Å²) in [6.45, 7) is 3.35. The standard InChI is InChI=1S/C28H29N5O2/c1-19(21-10-8-20(15-29)9-11-21)16-31-27(22-6-4-3-5-7-22)28(35)32-25-13-12-23(17-30-25)24-14-26(34)33(2)18-24/h3-13,17,19,24,27,31H,14,16,18H2,1-2H3,(H,30,32,35)/t19?,24-,27?/m1/s1. The summed E-state index contributed by atoms with van der Waals surface area (Å²) in [7, 11) is 1.81. The number of nitrogens with zero attached hydrogens (tertiary/aromatic N) is 3. The first-order chi connectivity index (χ1) is 16.9. The summed E-state index contributed by atoms with van der Waals surface area (Å²) in [6.07, 6.45) is 2.23. The van der Waals surface area contributed by atoms with E-state index in [2.05, 4.69) is 28.6 Å². The van der Waals surface area contributed by atoms with Gasteiger partial charge in [-0.25, -0.2) is 4.98 Å². The first-order valence-corrected chi connectivity index (χ1v) is 11.7. The van der Waals surface area contributed by atoms with Crippen LogP contribution in [0.25, 0.3) is 0 Å². The number of anilines is 1. The van der Waals surface area contributed by atoms with Gasteiger partial charge in [0.05, 0.1) is 11.6 Å². The zero-order valence-electron chi connectivity index (χ0n) is 19.9. The van der Waals surface area contributed by atoms with Crippen molar-refractivity contribution < 1.29 is 9.59 Å². The number of carbonyl (C=O) groups excluding carboxylic acids is 2. The van der Waals surface area contributed by atoms with E-state index >= 15 is 0 Å². The Balaban J connectivity index is 1.43. The highest BCUT2D eigenvalue weighted by atomic mass is 16.2. The molecule has 1 saturated heterocycles. The third kappa shape index (κ3) is 5.92. The zero-order valence-corrected chi connectivity index (χ0v) is 19.9. The molecule has 2 unspecified atom stereocenters. The monoisotopic (exact) mass is 467 g/mol. The summed E-state index contributed by atoms with van der Waals surface area (Å²) < 4.78 is 0. The summed E-state index contributed by atoms with van der Waals surface area (Å²) in [4.78, 5) is 31.3. The van der Waals surface area contributed by atoms with Gasteiger partial charge < -0.3 is 15.5 Å². The van der Waals surface area contributed by atoms with Crippen molar-refractivity contribution in [3.8, 4) is 6.07 Å². The molecule has 7 heteroatoms. The lowest BCUT2D eigenvalue weighted by Gasteiger charge is -2.21. The number of carbonyl (C=O) groups is 2. The van der Waals surface area contributed by atoms with E-state index in [1.54, 1.807) is 17.2 Å². The normalized spacial score (nSPS) is 17.0. The summed E-state index contributed by atoms with van der Waals surface area (Å²) >= 11 is 0. The summed E-state index contributed by atoms with van der Waals surface area (Å²) in [5.41, 5.74) is 3.58. The molecular weight excluding hydrogens is 438 g/mol. The van der Waals surface area contributed by atoms with Crippen LogP contribution in [-0.2, 0) is 9.59 Å². The number of nitrogens with one attached hydrogen (secondary N) is 2. The van der Waals surface area contributed by atoms with Gasteiger partial charge in [-0.05, 0) is 40.8 Å². The van der Waals surface area contributed by atoms with Crippen molar-refractivity contribution in [3.05, 3.63) is 95.2 Å². The molecule has 1 aliphatic rings. The minimum absolute atomic E-state index is 0.132. The molecule has 1 aliphatic heterocycles. The Kier molecular flexibility index (Phi) is 7.54. The third-order valence-electron chi connectivity index (χ3n) is 6.48. The number of pyridine rings is 1. The second kappa shape index (κ2) is 10.9. The Hall–Kier alpha value is -4.02. The number of likely N-dealkylation sites (tertiary alicyclic amines) is 1. The van der Waals surface area contributed by atoms with Crippen LogP contribution in [0.1, 0.15) is 53.5 Å². The number of hydrogen-bond acceptors (Lipinski definition) is 5. The first-order valence-electron chi connectivity index (χ1n) is 11.7. The van der Waals surface area contributed by atoms with E-state index in [-0.39, 0.29) is 23.7 Å². The van der Waals surface area contributed by atoms with Gasteiger partial charge in [-0.1, -0.05) is 55.5 Å². The van der Waals surface area contributed by atoms with Gasteiger partial charge in [-0.3, -0.25) is 9.59 Å². The van der Waals surface area contributed by atoms with E-state index in [4.69, 9.17) is 5.26 Å². The lowest BCUT2D eigenvalue weighted by molar-refractivity contribution is -0.126. The van der Waals surface area contributed by atoms with Crippen LogP contribution in [0.5, 0.6) is 0 Å². The van der Waals surface area contributed by atoms with Crippen molar-refractivity contribution >= 4 is 17.6 Å². The van der Waals surface area contributed by atoms with Crippen LogP contribution >= 0.6 is 0 Å². The van der Waals surface area contributed by atoms with Crippen LogP contribution < -0.4 is 10.6 Å². The van der Waals surface area contributed by atoms with Crippen molar-refractivity contribution in [2.75, 3.05) is 25.5 Å². The van der Waals surface area contributed by atoms with Crippen molar-refractivity contribution in [3.63, 3.8) is 0 Å². The molecule has 1 aromatic heterocycles. The lowest BCUT2D eigenvalue weighted by atomic mass is 9.98. The van der Waals surface area contributed by atoms with Gasteiger partial charge in [0.25, 0.3) is 0 Å². The fraction of sp³-hybridized carbons (Fsp3) is 0.286. The Bertz CT molecular complexity index is 1200. The molecule has 7 nitrogen and oxygen atoms in total. The van der Waals surface area contributed by atoms with Gasteiger partial charge in [-0.2, -0.15) is 5.26 Å². The maximum Gasteiger partial charge on any atom is 0.247 e. The Morgan fingerprint density at radius 2 is 1.86 bits per heavy atom. The van der Waals surface area contributed by atoms with Crippen LogP contribution in [0.3, 0.4) is 0 Å². The first kappa shape index (κ1) is 24.1. The van der Waals surface area contributed by atoms with Crippen molar-refractivity contribution in [2.24, 2.45) is 0 Å². The molecule has 0 radical (unpaired) electrons. The van der Waals surface area contributed by atoms with Gasteiger partial charge in [0.1, 0.15) is 11.9 Å². The highest BCUT2D eigenvalue weighted by Gasteiger charge is 2.28. The average Bonchev–Trinajstić information content (AvgIpc) is 3.23. The zero-order chi connectivity index (χ0) is 24.8. The third-order valence-corrected chi connectivity index (χ3v) is 6.48. The van der Waals surface area contributed by atoms with Gasteiger partial charge >= 0.3 is 0 Å². The molecular formula is C28H29N5O2. The molecule has 35 heavy (non-hydrogen) atoms. The van der Waals surface area contributed by atoms with E-state index in [1.807, 2.05) is 67.7 Å².